The highest BCUT2D eigenvalue weighted by Crippen LogP contribution is 2.44. The Morgan fingerprint density at radius 1 is 1.03 bits per heavy atom. The number of carbonyl (C=O) groups is 3. The Bertz CT molecular complexity index is 999. The smallest absolute Gasteiger partial charge is 0.407 e. The number of aliphatic carboxylic acids is 1. The van der Waals surface area contributed by atoms with E-state index in [9.17, 15) is 19.5 Å². The zero-order valence-electron chi connectivity index (χ0n) is 18.8. The topological polar surface area (TPSA) is 105 Å². The number of hydrogen-bond donors (Lipinski definition) is 3. The van der Waals surface area contributed by atoms with Crippen LogP contribution in [-0.2, 0) is 14.3 Å². The SMILES string of the molecule is CCC[C@@H](NC(=O)OCC1c2ccccc2-c2ccccc21)C(=O)NC1(C(=O)O)CCCC1. The van der Waals surface area contributed by atoms with Crippen molar-refractivity contribution in [2.75, 3.05) is 6.61 Å². The lowest BCUT2D eigenvalue weighted by atomic mass is 9.96. The Balaban J connectivity index is 1.41. The molecule has 1 fully saturated rings. The van der Waals surface area contributed by atoms with E-state index in [0.29, 0.717) is 25.7 Å². The van der Waals surface area contributed by atoms with Crippen LogP contribution in [0.4, 0.5) is 4.79 Å². The Labute approximate surface area is 193 Å². The van der Waals surface area contributed by atoms with E-state index in [2.05, 4.69) is 22.8 Å². The number of amides is 2. The third kappa shape index (κ3) is 4.58. The molecule has 2 aliphatic rings. The molecule has 0 radical (unpaired) electrons. The highest BCUT2D eigenvalue weighted by atomic mass is 16.5. The minimum absolute atomic E-state index is 0.0737. The van der Waals surface area contributed by atoms with Gasteiger partial charge in [-0.1, -0.05) is 74.7 Å². The molecule has 174 valence electrons. The van der Waals surface area contributed by atoms with E-state index in [0.717, 1.165) is 35.1 Å². The van der Waals surface area contributed by atoms with Crippen molar-refractivity contribution >= 4 is 18.0 Å². The average molecular weight is 451 g/mol. The quantitative estimate of drug-likeness (QED) is 0.559. The summed E-state index contributed by atoms with van der Waals surface area (Å²) in [4.78, 5) is 37.3. The molecule has 0 spiro atoms. The molecule has 2 aliphatic carbocycles. The number of rotatable bonds is 8. The first kappa shape index (κ1) is 22.8. The molecule has 3 N–H and O–H groups in total. The summed E-state index contributed by atoms with van der Waals surface area (Å²) in [5.74, 6) is -1.57. The van der Waals surface area contributed by atoms with Crippen LogP contribution in [0.2, 0.25) is 0 Å². The van der Waals surface area contributed by atoms with Crippen molar-refractivity contribution in [3.05, 3.63) is 59.7 Å². The second kappa shape index (κ2) is 9.65. The molecule has 1 saturated carbocycles. The number of ether oxygens (including phenoxy) is 1. The highest BCUT2D eigenvalue weighted by molar-refractivity contribution is 5.91. The average Bonchev–Trinajstić information content (AvgIpc) is 3.41. The predicted molar refractivity (Wildman–Crippen MR) is 124 cm³/mol. The molecular weight excluding hydrogens is 420 g/mol. The summed E-state index contributed by atoms with van der Waals surface area (Å²) in [6.07, 6.45) is 2.68. The van der Waals surface area contributed by atoms with Gasteiger partial charge in [-0.15, -0.1) is 0 Å². The number of nitrogens with one attached hydrogen (secondary N) is 2. The monoisotopic (exact) mass is 450 g/mol. The van der Waals surface area contributed by atoms with E-state index < -0.39 is 29.6 Å². The Hall–Kier alpha value is -3.35. The summed E-state index contributed by atoms with van der Waals surface area (Å²) < 4.78 is 5.56. The maximum atomic E-state index is 12.9. The number of alkyl carbamates (subject to hydrolysis) is 1. The number of benzene rings is 2. The minimum Gasteiger partial charge on any atom is -0.480 e. The maximum Gasteiger partial charge on any atom is 0.407 e. The Morgan fingerprint density at radius 3 is 2.15 bits per heavy atom. The fourth-order valence-electron chi connectivity index (χ4n) is 5.03. The number of fused-ring (bicyclic) bond motifs is 3. The molecule has 33 heavy (non-hydrogen) atoms. The standard InChI is InChI=1S/C26H30N2O5/c1-2-9-22(23(29)28-26(24(30)31)14-7-8-15-26)27-25(32)33-16-21-19-12-5-3-10-17(19)18-11-4-6-13-20(18)21/h3-6,10-13,21-22H,2,7-9,14-16H2,1H3,(H,27,32)(H,28,29)(H,30,31)/t22-/m1/s1. The van der Waals surface area contributed by atoms with Crippen molar-refractivity contribution < 1.29 is 24.2 Å². The molecule has 0 bridgehead atoms. The second-order valence-corrected chi connectivity index (χ2v) is 8.89. The van der Waals surface area contributed by atoms with E-state index >= 15 is 0 Å². The lowest BCUT2D eigenvalue weighted by Gasteiger charge is -2.28. The molecule has 2 aromatic carbocycles. The second-order valence-electron chi connectivity index (χ2n) is 8.89. The van der Waals surface area contributed by atoms with E-state index in [-0.39, 0.29) is 12.5 Å². The van der Waals surface area contributed by atoms with Crippen molar-refractivity contribution in [3.63, 3.8) is 0 Å². The molecule has 7 nitrogen and oxygen atoms in total. The lowest BCUT2D eigenvalue weighted by Crippen LogP contribution is -2.58. The fourth-order valence-corrected chi connectivity index (χ4v) is 5.03. The van der Waals surface area contributed by atoms with Crippen molar-refractivity contribution in [3.8, 4) is 11.1 Å². The van der Waals surface area contributed by atoms with Crippen molar-refractivity contribution in [1.29, 1.82) is 0 Å². The van der Waals surface area contributed by atoms with Gasteiger partial charge in [0.25, 0.3) is 0 Å². The van der Waals surface area contributed by atoms with Crippen molar-refractivity contribution in [1.82, 2.24) is 10.6 Å². The van der Waals surface area contributed by atoms with E-state index in [1.54, 1.807) is 0 Å². The normalized spacial score (nSPS) is 17.0. The van der Waals surface area contributed by atoms with Crippen LogP contribution in [-0.4, -0.2) is 41.3 Å². The third-order valence-corrected chi connectivity index (χ3v) is 6.76. The summed E-state index contributed by atoms with van der Waals surface area (Å²) in [5, 5.41) is 15.0. The summed E-state index contributed by atoms with van der Waals surface area (Å²) in [7, 11) is 0. The van der Waals surface area contributed by atoms with Crippen LogP contribution in [0.5, 0.6) is 0 Å². The third-order valence-electron chi connectivity index (χ3n) is 6.76. The van der Waals surface area contributed by atoms with Crippen molar-refractivity contribution in [2.24, 2.45) is 0 Å². The van der Waals surface area contributed by atoms with Gasteiger partial charge in [-0.25, -0.2) is 9.59 Å². The first-order valence-corrected chi connectivity index (χ1v) is 11.6. The van der Waals surface area contributed by atoms with Gasteiger partial charge in [-0.3, -0.25) is 4.79 Å². The van der Waals surface area contributed by atoms with Gasteiger partial charge in [0.05, 0.1) is 0 Å². The van der Waals surface area contributed by atoms with Crippen molar-refractivity contribution in [2.45, 2.75) is 62.9 Å². The molecule has 0 aliphatic heterocycles. The zero-order valence-corrected chi connectivity index (χ0v) is 18.8. The lowest BCUT2D eigenvalue weighted by molar-refractivity contribution is -0.147. The highest BCUT2D eigenvalue weighted by Gasteiger charge is 2.43. The van der Waals surface area contributed by atoms with E-state index in [1.807, 2.05) is 43.3 Å². The van der Waals surface area contributed by atoms with E-state index in [1.165, 1.54) is 0 Å². The van der Waals surface area contributed by atoms with Gasteiger partial charge in [0.1, 0.15) is 18.2 Å². The van der Waals surface area contributed by atoms with Gasteiger partial charge in [0, 0.05) is 5.92 Å². The summed E-state index contributed by atoms with van der Waals surface area (Å²) in [6.45, 7) is 2.06. The van der Waals surface area contributed by atoms with Crippen LogP contribution < -0.4 is 10.6 Å². The predicted octanol–water partition coefficient (Wildman–Crippen LogP) is 4.21. The fraction of sp³-hybridized carbons (Fsp3) is 0.423. The van der Waals surface area contributed by atoms with Crippen LogP contribution in [0.15, 0.2) is 48.5 Å². The van der Waals surface area contributed by atoms with Gasteiger partial charge in [0.2, 0.25) is 5.91 Å². The summed E-state index contributed by atoms with van der Waals surface area (Å²) in [5.41, 5.74) is 3.26. The first-order chi connectivity index (χ1) is 15.9. The Kier molecular flexibility index (Phi) is 6.67. The number of carboxylic acids is 1. The number of carboxylic acid groups (broad SMARTS) is 1. The molecule has 4 rings (SSSR count). The molecule has 2 amide bonds. The Morgan fingerprint density at radius 2 is 1.61 bits per heavy atom. The molecule has 0 aromatic heterocycles. The largest absolute Gasteiger partial charge is 0.480 e. The van der Waals surface area contributed by atoms with Gasteiger partial charge in [-0.05, 0) is 41.5 Å². The van der Waals surface area contributed by atoms with E-state index in [4.69, 9.17) is 4.74 Å². The minimum atomic E-state index is -1.24. The van der Waals surface area contributed by atoms with Gasteiger partial charge in [-0.2, -0.15) is 0 Å². The number of hydrogen-bond acceptors (Lipinski definition) is 4. The molecule has 1 atom stereocenters. The van der Waals surface area contributed by atoms with Crippen LogP contribution in [0.25, 0.3) is 11.1 Å². The van der Waals surface area contributed by atoms with Gasteiger partial charge in [0.15, 0.2) is 0 Å². The molecule has 0 unspecified atom stereocenters. The first-order valence-electron chi connectivity index (χ1n) is 11.6. The summed E-state index contributed by atoms with van der Waals surface area (Å²) in [6, 6.07) is 15.3. The van der Waals surface area contributed by atoms with Crippen LogP contribution in [0.3, 0.4) is 0 Å². The molecule has 2 aromatic rings. The molecular formula is C26H30N2O5. The van der Waals surface area contributed by atoms with Crippen LogP contribution in [0.1, 0.15) is 62.5 Å². The molecule has 7 heteroatoms. The van der Waals surface area contributed by atoms with Crippen LogP contribution >= 0.6 is 0 Å². The zero-order chi connectivity index (χ0) is 23.4. The van der Waals surface area contributed by atoms with Crippen LogP contribution in [0, 0.1) is 0 Å². The summed E-state index contributed by atoms with van der Waals surface area (Å²) >= 11 is 0. The number of carbonyl (C=O) groups excluding carboxylic acids is 2. The van der Waals surface area contributed by atoms with Gasteiger partial charge < -0.3 is 20.5 Å². The van der Waals surface area contributed by atoms with Gasteiger partial charge >= 0.3 is 12.1 Å². The molecule has 0 saturated heterocycles. The maximum absolute atomic E-state index is 12.9. The molecule has 0 heterocycles.